The van der Waals surface area contributed by atoms with Crippen LogP contribution in [0.15, 0.2) is 18.2 Å². The molecule has 0 aromatic heterocycles. The molecule has 2 amide bonds. The summed E-state index contributed by atoms with van der Waals surface area (Å²) in [4.78, 5) is 26.1. The van der Waals surface area contributed by atoms with Gasteiger partial charge in [0.05, 0.1) is 17.5 Å². The molecule has 2 rings (SSSR count). The predicted octanol–water partition coefficient (Wildman–Crippen LogP) is 1.20. The molecule has 4 N–H and O–H groups in total. The van der Waals surface area contributed by atoms with Gasteiger partial charge in [-0.2, -0.15) is 0 Å². The first-order valence-corrected chi connectivity index (χ1v) is 8.32. The molecule has 1 fully saturated rings. The van der Waals surface area contributed by atoms with Gasteiger partial charge >= 0.3 is 0 Å². The minimum absolute atomic E-state index is 0.0177. The Morgan fingerprint density at radius 3 is 2.92 bits per heavy atom. The SMILES string of the molecule is NCCNC(=O)C1CCCN(CC(=O)Nc2ccc(F)c(Cl)c2)C1. The Morgan fingerprint density at radius 1 is 1.42 bits per heavy atom. The summed E-state index contributed by atoms with van der Waals surface area (Å²) in [5.74, 6) is -0.896. The Labute approximate surface area is 145 Å². The van der Waals surface area contributed by atoms with Crippen molar-refractivity contribution in [2.45, 2.75) is 12.8 Å². The van der Waals surface area contributed by atoms with Crippen LogP contribution in [0.3, 0.4) is 0 Å². The van der Waals surface area contributed by atoms with E-state index in [1.807, 2.05) is 4.90 Å². The van der Waals surface area contributed by atoms with Gasteiger partial charge in [-0.3, -0.25) is 14.5 Å². The Balaban J connectivity index is 1.84. The number of rotatable bonds is 6. The minimum Gasteiger partial charge on any atom is -0.355 e. The molecular formula is C16H22ClFN4O2. The van der Waals surface area contributed by atoms with Gasteiger partial charge in [0.2, 0.25) is 11.8 Å². The van der Waals surface area contributed by atoms with Crippen molar-refractivity contribution in [1.29, 1.82) is 0 Å². The maximum absolute atomic E-state index is 13.1. The van der Waals surface area contributed by atoms with Crippen LogP contribution in [0.5, 0.6) is 0 Å². The first-order chi connectivity index (χ1) is 11.5. The number of nitrogens with zero attached hydrogens (tertiary/aromatic N) is 1. The highest BCUT2D eigenvalue weighted by molar-refractivity contribution is 6.31. The van der Waals surface area contributed by atoms with Gasteiger partial charge in [0, 0.05) is 25.3 Å². The number of piperidine rings is 1. The summed E-state index contributed by atoms with van der Waals surface area (Å²) < 4.78 is 13.1. The van der Waals surface area contributed by atoms with E-state index < -0.39 is 5.82 Å². The first-order valence-electron chi connectivity index (χ1n) is 7.94. The van der Waals surface area contributed by atoms with E-state index in [1.165, 1.54) is 18.2 Å². The van der Waals surface area contributed by atoms with Crippen LogP contribution in [-0.4, -0.2) is 49.4 Å². The summed E-state index contributed by atoms with van der Waals surface area (Å²) in [6, 6.07) is 4.03. The molecule has 0 radical (unpaired) electrons. The van der Waals surface area contributed by atoms with E-state index in [2.05, 4.69) is 10.6 Å². The van der Waals surface area contributed by atoms with E-state index in [-0.39, 0.29) is 29.3 Å². The zero-order valence-electron chi connectivity index (χ0n) is 13.4. The lowest BCUT2D eigenvalue weighted by Crippen LogP contribution is -2.46. The van der Waals surface area contributed by atoms with Crippen LogP contribution < -0.4 is 16.4 Å². The van der Waals surface area contributed by atoms with Crippen LogP contribution in [0.25, 0.3) is 0 Å². The second kappa shape index (κ2) is 8.96. The van der Waals surface area contributed by atoms with Crippen molar-refractivity contribution in [3.05, 3.63) is 29.0 Å². The summed E-state index contributed by atoms with van der Waals surface area (Å²) in [7, 11) is 0. The minimum atomic E-state index is -0.531. The molecule has 1 unspecified atom stereocenters. The predicted molar refractivity (Wildman–Crippen MR) is 91.3 cm³/mol. The number of carbonyl (C=O) groups excluding carboxylic acids is 2. The second-order valence-corrected chi connectivity index (χ2v) is 6.24. The van der Waals surface area contributed by atoms with Gasteiger partial charge in [0.15, 0.2) is 0 Å². The smallest absolute Gasteiger partial charge is 0.238 e. The number of amides is 2. The van der Waals surface area contributed by atoms with Gasteiger partial charge in [0.1, 0.15) is 5.82 Å². The average Bonchev–Trinajstić information content (AvgIpc) is 2.56. The van der Waals surface area contributed by atoms with Gasteiger partial charge in [-0.05, 0) is 37.6 Å². The molecule has 0 spiro atoms. The first kappa shape index (κ1) is 18.6. The molecule has 1 aliphatic heterocycles. The molecule has 24 heavy (non-hydrogen) atoms. The highest BCUT2D eigenvalue weighted by Crippen LogP contribution is 2.20. The Kier molecular flexibility index (Phi) is 6.96. The Hall–Kier alpha value is -1.70. The van der Waals surface area contributed by atoms with Crippen LogP contribution in [0.1, 0.15) is 12.8 Å². The lowest BCUT2D eigenvalue weighted by molar-refractivity contribution is -0.127. The maximum Gasteiger partial charge on any atom is 0.238 e. The fourth-order valence-electron chi connectivity index (χ4n) is 2.73. The maximum atomic E-state index is 13.1. The molecular weight excluding hydrogens is 335 g/mol. The lowest BCUT2D eigenvalue weighted by Gasteiger charge is -2.31. The second-order valence-electron chi connectivity index (χ2n) is 5.83. The van der Waals surface area contributed by atoms with Gasteiger partial charge in [-0.15, -0.1) is 0 Å². The van der Waals surface area contributed by atoms with Crippen molar-refractivity contribution in [2.75, 3.05) is 38.0 Å². The Bertz CT molecular complexity index is 599. The van der Waals surface area contributed by atoms with Crippen LogP contribution in [0.4, 0.5) is 10.1 Å². The third-order valence-corrected chi connectivity index (χ3v) is 4.18. The normalized spacial score (nSPS) is 18.2. The zero-order chi connectivity index (χ0) is 17.5. The average molecular weight is 357 g/mol. The van der Waals surface area contributed by atoms with Crippen LogP contribution >= 0.6 is 11.6 Å². The van der Waals surface area contributed by atoms with Gasteiger partial charge < -0.3 is 16.4 Å². The van der Waals surface area contributed by atoms with E-state index >= 15 is 0 Å². The standard InChI is InChI=1S/C16H22ClFN4O2/c17-13-8-12(3-4-14(13)18)21-15(23)10-22-7-1-2-11(9-22)16(24)20-6-5-19/h3-4,8,11H,1-2,5-7,9-10,19H2,(H,20,24)(H,21,23). The van der Waals surface area contributed by atoms with Crippen LogP contribution in [-0.2, 0) is 9.59 Å². The molecule has 1 heterocycles. The number of carbonyl (C=O) groups is 2. The summed E-state index contributed by atoms with van der Waals surface area (Å²) in [5, 5.41) is 5.43. The highest BCUT2D eigenvalue weighted by Gasteiger charge is 2.26. The number of nitrogens with one attached hydrogen (secondary N) is 2. The number of benzene rings is 1. The summed E-state index contributed by atoms with van der Waals surface area (Å²) in [6.45, 7) is 2.34. The van der Waals surface area contributed by atoms with E-state index in [1.54, 1.807) is 0 Å². The number of hydrogen-bond acceptors (Lipinski definition) is 4. The molecule has 1 aromatic carbocycles. The quantitative estimate of drug-likeness (QED) is 0.715. The summed E-state index contributed by atoms with van der Waals surface area (Å²) in [6.07, 6.45) is 1.67. The summed E-state index contributed by atoms with van der Waals surface area (Å²) in [5.41, 5.74) is 5.83. The fourth-order valence-corrected chi connectivity index (χ4v) is 2.91. The highest BCUT2D eigenvalue weighted by atomic mass is 35.5. The molecule has 1 atom stereocenters. The monoisotopic (exact) mass is 356 g/mol. The summed E-state index contributed by atoms with van der Waals surface area (Å²) >= 11 is 5.69. The number of anilines is 1. The molecule has 132 valence electrons. The third-order valence-electron chi connectivity index (χ3n) is 3.89. The molecule has 1 aromatic rings. The number of hydrogen-bond donors (Lipinski definition) is 3. The molecule has 0 saturated carbocycles. The molecule has 0 bridgehead atoms. The van der Waals surface area contributed by atoms with E-state index in [9.17, 15) is 14.0 Å². The molecule has 6 nitrogen and oxygen atoms in total. The van der Waals surface area contributed by atoms with Crippen LogP contribution in [0, 0.1) is 11.7 Å². The molecule has 1 saturated heterocycles. The van der Waals surface area contributed by atoms with Gasteiger partial charge in [-0.25, -0.2) is 4.39 Å². The number of halogens is 2. The molecule has 0 aliphatic carbocycles. The number of likely N-dealkylation sites (tertiary alicyclic amines) is 1. The third kappa shape index (κ3) is 5.43. The largest absolute Gasteiger partial charge is 0.355 e. The Morgan fingerprint density at radius 2 is 2.21 bits per heavy atom. The zero-order valence-corrected chi connectivity index (χ0v) is 14.1. The van der Waals surface area contributed by atoms with Crippen LogP contribution in [0.2, 0.25) is 5.02 Å². The number of nitrogens with two attached hydrogens (primary N) is 1. The van der Waals surface area contributed by atoms with Gasteiger partial charge in [-0.1, -0.05) is 11.6 Å². The van der Waals surface area contributed by atoms with E-state index in [0.717, 1.165) is 19.4 Å². The van der Waals surface area contributed by atoms with E-state index in [0.29, 0.717) is 25.3 Å². The van der Waals surface area contributed by atoms with Crippen molar-refractivity contribution < 1.29 is 14.0 Å². The molecule has 1 aliphatic rings. The fraction of sp³-hybridized carbons (Fsp3) is 0.500. The van der Waals surface area contributed by atoms with Crippen molar-refractivity contribution in [3.63, 3.8) is 0 Å². The van der Waals surface area contributed by atoms with Crippen molar-refractivity contribution in [2.24, 2.45) is 11.7 Å². The topological polar surface area (TPSA) is 87.5 Å². The van der Waals surface area contributed by atoms with Crippen molar-refractivity contribution >= 4 is 29.1 Å². The lowest BCUT2D eigenvalue weighted by atomic mass is 9.97. The van der Waals surface area contributed by atoms with Crippen molar-refractivity contribution in [3.8, 4) is 0 Å². The van der Waals surface area contributed by atoms with E-state index in [4.69, 9.17) is 17.3 Å². The van der Waals surface area contributed by atoms with Gasteiger partial charge in [0.25, 0.3) is 0 Å². The van der Waals surface area contributed by atoms with Crippen molar-refractivity contribution in [1.82, 2.24) is 10.2 Å². The molecule has 8 heteroatoms.